The number of ether oxygens (including phenoxy) is 1. The monoisotopic (exact) mass is 448 g/mol. The number of benzene rings is 1. The van der Waals surface area contributed by atoms with Crippen LogP contribution in [0.1, 0.15) is 45.4 Å². The maximum Gasteiger partial charge on any atom is 0.267 e. The summed E-state index contributed by atoms with van der Waals surface area (Å²) in [7, 11) is 3.65. The molecule has 0 aliphatic carbocycles. The number of nitrogens with one attached hydrogen (secondary N) is 1. The minimum absolute atomic E-state index is 0.0994. The van der Waals surface area contributed by atoms with E-state index in [0.717, 1.165) is 11.3 Å². The first-order chi connectivity index (χ1) is 15.9. The van der Waals surface area contributed by atoms with Gasteiger partial charge in [0.05, 0.1) is 6.61 Å². The van der Waals surface area contributed by atoms with Gasteiger partial charge in [-0.25, -0.2) is 4.98 Å². The lowest BCUT2D eigenvalue weighted by atomic mass is 10.0. The van der Waals surface area contributed by atoms with Gasteiger partial charge in [-0.1, -0.05) is 30.3 Å². The van der Waals surface area contributed by atoms with Gasteiger partial charge in [-0.15, -0.1) is 0 Å². The molecule has 1 atom stereocenters. The van der Waals surface area contributed by atoms with Crippen LogP contribution in [0.5, 0.6) is 5.88 Å². The van der Waals surface area contributed by atoms with E-state index in [9.17, 15) is 9.59 Å². The van der Waals surface area contributed by atoms with E-state index < -0.39 is 0 Å². The Morgan fingerprint density at radius 1 is 1.15 bits per heavy atom. The zero-order valence-electron chi connectivity index (χ0n) is 19.7. The number of amides is 2. The van der Waals surface area contributed by atoms with Crippen molar-refractivity contribution < 1.29 is 14.3 Å². The van der Waals surface area contributed by atoms with Crippen LogP contribution in [0, 0.1) is 6.92 Å². The highest BCUT2D eigenvalue weighted by atomic mass is 16.5. The quantitative estimate of drug-likeness (QED) is 0.514. The number of rotatable bonds is 10. The molecule has 0 radical (unpaired) electrons. The molecule has 33 heavy (non-hydrogen) atoms. The number of carbonyl (C=O) groups excluding carboxylic acids is 2. The predicted octanol–water partition coefficient (Wildman–Crippen LogP) is 3.63. The van der Waals surface area contributed by atoms with Crippen molar-refractivity contribution in [2.75, 3.05) is 20.2 Å². The molecule has 174 valence electrons. The third-order valence-corrected chi connectivity index (χ3v) is 5.59. The number of hydrogen-bond acceptors (Lipinski definition) is 4. The third-order valence-electron chi connectivity index (χ3n) is 5.59. The van der Waals surface area contributed by atoms with Crippen LogP contribution in [0.4, 0.5) is 0 Å². The molecule has 3 aromatic rings. The summed E-state index contributed by atoms with van der Waals surface area (Å²) in [6.07, 6.45) is 3.15. The number of likely N-dealkylation sites (N-methyl/N-ethyl adjacent to an activating group) is 1. The fraction of sp³-hybridized carbons (Fsp3) is 0.346. The van der Waals surface area contributed by atoms with E-state index in [1.807, 2.05) is 58.4 Å². The van der Waals surface area contributed by atoms with Crippen LogP contribution < -0.4 is 10.1 Å². The molecule has 1 aromatic carbocycles. The highest BCUT2D eigenvalue weighted by Gasteiger charge is 2.23. The summed E-state index contributed by atoms with van der Waals surface area (Å²) in [5, 5.41) is 2.98. The summed E-state index contributed by atoms with van der Waals surface area (Å²) >= 11 is 0. The van der Waals surface area contributed by atoms with Crippen LogP contribution in [0.25, 0.3) is 0 Å². The van der Waals surface area contributed by atoms with Crippen LogP contribution in [-0.2, 0) is 13.5 Å². The number of aryl methyl sites for hydroxylation is 2. The van der Waals surface area contributed by atoms with Crippen molar-refractivity contribution in [1.82, 2.24) is 19.8 Å². The molecule has 2 heterocycles. The summed E-state index contributed by atoms with van der Waals surface area (Å²) in [5.74, 6) is 0.223. The Labute approximate surface area is 195 Å². The van der Waals surface area contributed by atoms with E-state index >= 15 is 0 Å². The molecule has 0 bridgehead atoms. The maximum atomic E-state index is 13.4. The van der Waals surface area contributed by atoms with E-state index in [2.05, 4.69) is 22.4 Å². The Morgan fingerprint density at radius 3 is 2.58 bits per heavy atom. The Hall–Kier alpha value is -3.61. The molecule has 0 fully saturated rings. The van der Waals surface area contributed by atoms with Crippen molar-refractivity contribution >= 4 is 11.8 Å². The number of carbonyl (C=O) groups is 2. The van der Waals surface area contributed by atoms with Crippen molar-refractivity contribution in [1.29, 1.82) is 0 Å². The summed E-state index contributed by atoms with van der Waals surface area (Å²) in [4.78, 5) is 32.0. The topological polar surface area (TPSA) is 76.5 Å². The molecular formula is C26H32N4O3. The highest BCUT2D eigenvalue weighted by molar-refractivity contribution is 5.94. The molecule has 7 heteroatoms. The Balaban J connectivity index is 1.74. The van der Waals surface area contributed by atoms with E-state index in [0.29, 0.717) is 43.1 Å². The van der Waals surface area contributed by atoms with Crippen LogP contribution in [0.3, 0.4) is 0 Å². The first-order valence-electron chi connectivity index (χ1n) is 11.2. The number of pyridine rings is 1. The van der Waals surface area contributed by atoms with Gasteiger partial charge in [-0.2, -0.15) is 0 Å². The van der Waals surface area contributed by atoms with Crippen LogP contribution in [0.2, 0.25) is 0 Å². The van der Waals surface area contributed by atoms with E-state index in [1.54, 1.807) is 27.7 Å². The molecule has 7 nitrogen and oxygen atoms in total. The van der Waals surface area contributed by atoms with Crippen LogP contribution in [-0.4, -0.2) is 52.5 Å². The number of nitrogens with zero attached hydrogens (tertiary/aromatic N) is 3. The van der Waals surface area contributed by atoms with Gasteiger partial charge >= 0.3 is 0 Å². The average molecular weight is 449 g/mol. The normalized spacial score (nSPS) is 11.6. The lowest BCUT2D eigenvalue weighted by molar-refractivity contribution is 0.0722. The molecule has 0 aliphatic heterocycles. The molecule has 2 aromatic heterocycles. The fourth-order valence-electron chi connectivity index (χ4n) is 3.81. The minimum atomic E-state index is -0.124. The van der Waals surface area contributed by atoms with Gasteiger partial charge in [0.1, 0.15) is 5.69 Å². The summed E-state index contributed by atoms with van der Waals surface area (Å²) in [5.41, 5.74) is 3.01. The molecule has 0 aliphatic rings. The second-order valence-electron chi connectivity index (χ2n) is 8.08. The van der Waals surface area contributed by atoms with Gasteiger partial charge < -0.3 is 19.5 Å². The summed E-state index contributed by atoms with van der Waals surface area (Å²) in [6.45, 7) is 4.67. The van der Waals surface area contributed by atoms with Gasteiger partial charge in [0, 0.05) is 50.2 Å². The Kier molecular flexibility index (Phi) is 8.24. The van der Waals surface area contributed by atoms with Crippen molar-refractivity contribution in [2.45, 2.75) is 32.7 Å². The van der Waals surface area contributed by atoms with E-state index in [1.165, 1.54) is 0 Å². The van der Waals surface area contributed by atoms with Crippen molar-refractivity contribution in [3.8, 4) is 5.88 Å². The first kappa shape index (κ1) is 24.0. The molecule has 0 saturated carbocycles. The zero-order valence-corrected chi connectivity index (χ0v) is 19.7. The molecule has 0 saturated heterocycles. The summed E-state index contributed by atoms with van der Waals surface area (Å²) < 4.78 is 7.30. The van der Waals surface area contributed by atoms with Gasteiger partial charge in [0.2, 0.25) is 5.88 Å². The predicted molar refractivity (Wildman–Crippen MR) is 129 cm³/mol. The fourth-order valence-corrected chi connectivity index (χ4v) is 3.81. The SMILES string of the molecule is CCOc1cc(C(=O)N(C)C(CCNC(=O)c2cccn2C)Cc2ccccc2)cc(C)n1. The van der Waals surface area contributed by atoms with Gasteiger partial charge in [-0.05, 0) is 50.5 Å². The Morgan fingerprint density at radius 2 is 1.91 bits per heavy atom. The van der Waals surface area contributed by atoms with Gasteiger partial charge in [-0.3, -0.25) is 9.59 Å². The second-order valence-corrected chi connectivity index (χ2v) is 8.08. The van der Waals surface area contributed by atoms with Crippen LogP contribution >= 0.6 is 0 Å². The largest absolute Gasteiger partial charge is 0.478 e. The van der Waals surface area contributed by atoms with Crippen LogP contribution in [0.15, 0.2) is 60.8 Å². The average Bonchev–Trinajstić information content (AvgIpc) is 3.24. The highest BCUT2D eigenvalue weighted by Crippen LogP contribution is 2.18. The molecule has 0 spiro atoms. The lowest BCUT2D eigenvalue weighted by Gasteiger charge is -2.29. The van der Waals surface area contributed by atoms with E-state index in [-0.39, 0.29) is 17.9 Å². The van der Waals surface area contributed by atoms with E-state index in [4.69, 9.17) is 4.74 Å². The number of aromatic nitrogens is 2. The standard InChI is InChI=1S/C26H32N4O3/c1-5-33-24-18-21(16-19(2)28-24)26(32)30(4)22(17-20-10-7-6-8-11-20)13-14-27-25(31)23-12-9-15-29(23)3/h6-12,15-16,18,22H,5,13-14,17H2,1-4H3,(H,27,31). The maximum absolute atomic E-state index is 13.4. The van der Waals surface area contributed by atoms with Crippen molar-refractivity contribution in [3.05, 3.63) is 83.3 Å². The first-order valence-corrected chi connectivity index (χ1v) is 11.2. The second kappa shape index (κ2) is 11.3. The summed E-state index contributed by atoms with van der Waals surface area (Å²) in [6, 6.07) is 17.1. The molecular weight excluding hydrogens is 416 g/mol. The molecule has 3 rings (SSSR count). The lowest BCUT2D eigenvalue weighted by Crippen LogP contribution is -2.41. The van der Waals surface area contributed by atoms with Crippen molar-refractivity contribution in [3.63, 3.8) is 0 Å². The third kappa shape index (κ3) is 6.44. The van der Waals surface area contributed by atoms with Gasteiger partial charge in [0.15, 0.2) is 0 Å². The Bertz CT molecular complexity index is 1080. The molecule has 1 N–H and O–H groups in total. The van der Waals surface area contributed by atoms with Gasteiger partial charge in [0.25, 0.3) is 11.8 Å². The van der Waals surface area contributed by atoms with Crippen molar-refractivity contribution in [2.24, 2.45) is 7.05 Å². The molecule has 2 amide bonds. The zero-order chi connectivity index (χ0) is 23.8. The number of hydrogen-bond donors (Lipinski definition) is 1. The smallest absolute Gasteiger partial charge is 0.267 e. The molecule has 1 unspecified atom stereocenters. The minimum Gasteiger partial charge on any atom is -0.478 e.